The summed E-state index contributed by atoms with van der Waals surface area (Å²) in [5, 5.41) is 27.0. The second-order valence-electron chi connectivity index (χ2n) is 19.5. The minimum atomic E-state index is -1.57. The van der Waals surface area contributed by atoms with Crippen LogP contribution in [0.1, 0.15) is 115 Å². The van der Waals surface area contributed by atoms with Crippen molar-refractivity contribution in [3.8, 4) is 0 Å². The molecule has 5 saturated heterocycles. The quantitative estimate of drug-likeness (QED) is 0.325. The molecule has 60 heavy (non-hydrogen) atoms. The van der Waals surface area contributed by atoms with Gasteiger partial charge >= 0.3 is 0 Å². The number of amides is 3. The number of likely N-dealkylation sites (N-methyl/N-ethyl adjacent to an activating group) is 2. The molecule has 0 radical (unpaired) electrons. The number of aliphatic hydroxyl groups excluding tert-OH is 1. The van der Waals surface area contributed by atoms with E-state index in [9.17, 15) is 24.6 Å². The lowest BCUT2D eigenvalue weighted by Gasteiger charge is -2.48. The lowest BCUT2D eigenvalue weighted by Crippen LogP contribution is -2.61. The third kappa shape index (κ3) is 10.3. The van der Waals surface area contributed by atoms with E-state index in [1.165, 1.54) is 7.11 Å². The fourth-order valence-electron chi connectivity index (χ4n) is 10.2. The Hall–Kier alpha value is -2.60. The summed E-state index contributed by atoms with van der Waals surface area (Å²) in [6, 6.07) is -1.18. The third-order valence-electron chi connectivity index (χ3n) is 13.9. The zero-order valence-electron chi connectivity index (χ0n) is 38.8. The molecule has 0 aromatic heterocycles. The molecule has 5 heterocycles. The predicted octanol–water partition coefficient (Wildman–Crippen LogP) is 3.30. The Bertz CT molecular complexity index is 1530. The SMILES string of the molecule is CC[C@H](C)[C@H]1NC(=O)C(C)C(O[C@H]2C[C@@](C)(OC)[C@@H](O)[C@H](C)O2)[C@H](C)[C@@H](O[C@@H]2O[C@H](C)CC3[C@H]2OC(=NC(C)C)N3C)[C@](C)(O)C[C@@H](C)CN(C)C(=O)[C@@H]2CCCN2C1=O. The highest BCUT2D eigenvalue weighted by molar-refractivity contribution is 5.93. The van der Waals surface area contributed by atoms with Gasteiger partial charge < -0.3 is 58.7 Å². The van der Waals surface area contributed by atoms with Crippen LogP contribution in [0.4, 0.5) is 0 Å². The number of ether oxygens (including phenoxy) is 6. The Kier molecular flexibility index (Phi) is 15.7. The summed E-state index contributed by atoms with van der Waals surface area (Å²) in [6.07, 6.45) is -3.39. The first-order chi connectivity index (χ1) is 28.0. The summed E-state index contributed by atoms with van der Waals surface area (Å²) < 4.78 is 39.1. The van der Waals surface area contributed by atoms with Gasteiger partial charge in [0.25, 0.3) is 6.02 Å². The van der Waals surface area contributed by atoms with Gasteiger partial charge in [0.1, 0.15) is 18.2 Å². The molecular formula is C44H77N5O11. The number of aliphatic hydroxyl groups is 2. The zero-order chi connectivity index (χ0) is 44.6. The van der Waals surface area contributed by atoms with E-state index in [1.807, 2.05) is 60.4 Å². The number of hydrogen-bond acceptors (Lipinski definition) is 12. The largest absolute Gasteiger partial charge is 0.454 e. The monoisotopic (exact) mass is 852 g/mol. The maximum Gasteiger partial charge on any atom is 0.288 e. The molecule has 5 aliphatic rings. The standard InChI is InChI=1S/C44H77N5O11/c1-15-25(5)33-40(53)49-18-16-17-30(49)39(52)47(12)22-24(4)20-43(10,54)37(60-41-35-31(19-26(6)56-41)48(13)42(59-35)45-23(2)3)27(7)34(28(8)38(51)46-33)58-32-21-44(11,55-14)36(50)29(9)57-32/h23-37,41,50,54H,15-22H2,1-14H3,(H,46,51)/t24-,25+,26-,27+,28?,29+,30+,31?,32+,33-,34?,35-,36+,37-,41+,43-,44-/m1/s1. The molecule has 5 fully saturated rings. The molecule has 0 aliphatic carbocycles. The Balaban J connectivity index is 1.61. The highest BCUT2D eigenvalue weighted by atomic mass is 16.7. The second-order valence-corrected chi connectivity index (χ2v) is 19.5. The molecule has 0 aromatic carbocycles. The van der Waals surface area contributed by atoms with Crippen LogP contribution in [0.5, 0.6) is 0 Å². The van der Waals surface area contributed by atoms with Gasteiger partial charge in [0.2, 0.25) is 17.7 Å². The maximum atomic E-state index is 14.7. The first-order valence-electron chi connectivity index (χ1n) is 22.4. The van der Waals surface area contributed by atoms with Crippen LogP contribution in [-0.2, 0) is 42.8 Å². The molecule has 3 N–H and O–H groups in total. The molecule has 17 atom stereocenters. The van der Waals surface area contributed by atoms with Crippen molar-refractivity contribution in [1.29, 1.82) is 0 Å². The summed E-state index contributed by atoms with van der Waals surface area (Å²) >= 11 is 0. The summed E-state index contributed by atoms with van der Waals surface area (Å²) in [7, 11) is 5.23. The van der Waals surface area contributed by atoms with Gasteiger partial charge in [-0.1, -0.05) is 41.0 Å². The van der Waals surface area contributed by atoms with E-state index in [2.05, 4.69) is 5.32 Å². The van der Waals surface area contributed by atoms with Gasteiger partial charge in [0, 0.05) is 52.7 Å². The topological polar surface area (TPSA) is 181 Å². The van der Waals surface area contributed by atoms with Crippen LogP contribution in [0.25, 0.3) is 0 Å². The van der Waals surface area contributed by atoms with Crippen LogP contribution in [-0.4, -0.2) is 168 Å². The number of carbonyl (C=O) groups is 3. The molecule has 16 heteroatoms. The average Bonchev–Trinajstić information content (AvgIpc) is 3.79. The van der Waals surface area contributed by atoms with Gasteiger partial charge in [-0.15, -0.1) is 0 Å². The van der Waals surface area contributed by atoms with E-state index >= 15 is 0 Å². The Morgan fingerprint density at radius 1 is 1.00 bits per heavy atom. The van der Waals surface area contributed by atoms with Crippen LogP contribution in [0, 0.1) is 23.7 Å². The first-order valence-corrected chi connectivity index (χ1v) is 22.4. The van der Waals surface area contributed by atoms with Gasteiger partial charge in [-0.2, -0.15) is 0 Å². The van der Waals surface area contributed by atoms with E-state index in [0.29, 0.717) is 44.8 Å². The predicted molar refractivity (Wildman–Crippen MR) is 225 cm³/mol. The van der Waals surface area contributed by atoms with Gasteiger partial charge in [0.15, 0.2) is 18.7 Å². The van der Waals surface area contributed by atoms with Crippen LogP contribution < -0.4 is 5.32 Å². The number of aliphatic imine (C=N–C) groups is 1. The molecule has 0 bridgehead atoms. The van der Waals surface area contributed by atoms with Crippen LogP contribution in [0.3, 0.4) is 0 Å². The van der Waals surface area contributed by atoms with Crippen molar-refractivity contribution in [3.63, 3.8) is 0 Å². The number of nitrogens with one attached hydrogen (secondary N) is 1. The van der Waals surface area contributed by atoms with Gasteiger partial charge in [0.05, 0.1) is 47.6 Å². The summed E-state index contributed by atoms with van der Waals surface area (Å²) in [6.45, 7) is 21.5. The Labute approximate surface area is 358 Å². The number of carbonyl (C=O) groups excluding carboxylic acids is 3. The van der Waals surface area contributed by atoms with Crippen molar-refractivity contribution in [2.75, 3.05) is 34.3 Å². The van der Waals surface area contributed by atoms with E-state index in [1.54, 1.807) is 44.5 Å². The molecule has 5 aliphatic heterocycles. The Morgan fingerprint density at radius 3 is 2.32 bits per heavy atom. The third-order valence-corrected chi connectivity index (χ3v) is 13.9. The fourth-order valence-corrected chi connectivity index (χ4v) is 10.2. The minimum Gasteiger partial charge on any atom is -0.454 e. The fraction of sp³-hybridized carbons (Fsp3) is 0.909. The second kappa shape index (κ2) is 19.4. The van der Waals surface area contributed by atoms with E-state index in [0.717, 1.165) is 0 Å². The maximum absolute atomic E-state index is 14.7. The average molecular weight is 852 g/mol. The normalized spacial score (nSPS) is 43.9. The number of rotatable bonds is 8. The van der Waals surface area contributed by atoms with E-state index in [-0.39, 0.29) is 54.7 Å². The van der Waals surface area contributed by atoms with Gasteiger partial charge in [-0.3, -0.25) is 14.4 Å². The number of hydrogen-bond donors (Lipinski definition) is 3. The smallest absolute Gasteiger partial charge is 0.288 e. The van der Waals surface area contributed by atoms with E-state index in [4.69, 9.17) is 33.4 Å². The van der Waals surface area contributed by atoms with Crippen molar-refractivity contribution >= 4 is 23.7 Å². The zero-order valence-corrected chi connectivity index (χ0v) is 38.8. The molecule has 3 amide bonds. The van der Waals surface area contributed by atoms with Crippen molar-refractivity contribution in [2.24, 2.45) is 28.7 Å². The molecule has 3 unspecified atom stereocenters. The lowest BCUT2D eigenvalue weighted by atomic mass is 9.77. The highest BCUT2D eigenvalue weighted by Gasteiger charge is 2.54. The summed E-state index contributed by atoms with van der Waals surface area (Å²) in [5.74, 6) is -2.97. The highest BCUT2D eigenvalue weighted by Crippen LogP contribution is 2.41. The first kappa shape index (κ1) is 48.4. The minimum absolute atomic E-state index is 0.0102. The van der Waals surface area contributed by atoms with Crippen molar-refractivity contribution < 1.29 is 53.0 Å². The molecule has 0 spiro atoms. The number of nitrogens with zero attached hydrogens (tertiary/aromatic N) is 4. The molecule has 0 saturated carbocycles. The van der Waals surface area contributed by atoms with Crippen LogP contribution >= 0.6 is 0 Å². The summed E-state index contributed by atoms with van der Waals surface area (Å²) in [5.41, 5.74) is -2.58. The molecular weight excluding hydrogens is 775 g/mol. The van der Waals surface area contributed by atoms with Gasteiger partial charge in [-0.05, 0) is 79.1 Å². The van der Waals surface area contributed by atoms with E-state index < -0.39 is 84.1 Å². The van der Waals surface area contributed by atoms with Crippen molar-refractivity contribution in [1.82, 2.24) is 20.0 Å². The van der Waals surface area contributed by atoms with Crippen LogP contribution in [0.2, 0.25) is 0 Å². The van der Waals surface area contributed by atoms with Crippen molar-refractivity contribution in [3.05, 3.63) is 0 Å². The number of fused-ring (bicyclic) bond motifs is 2. The lowest BCUT2D eigenvalue weighted by molar-refractivity contribution is -0.313. The van der Waals surface area contributed by atoms with Crippen molar-refractivity contribution in [2.45, 2.75) is 199 Å². The van der Waals surface area contributed by atoms with Crippen LogP contribution in [0.15, 0.2) is 4.99 Å². The Morgan fingerprint density at radius 2 is 1.68 bits per heavy atom. The number of methoxy groups -OCH3 is 1. The molecule has 16 nitrogen and oxygen atoms in total. The molecule has 5 rings (SSSR count). The van der Waals surface area contributed by atoms with Gasteiger partial charge in [-0.25, -0.2) is 4.99 Å². The molecule has 0 aromatic rings. The number of amidine groups is 1. The summed E-state index contributed by atoms with van der Waals surface area (Å²) in [4.78, 5) is 53.3. The molecule has 344 valence electrons.